The Balaban J connectivity index is 1.85. The summed E-state index contributed by atoms with van der Waals surface area (Å²) in [6.07, 6.45) is 1.88. The van der Waals surface area contributed by atoms with Gasteiger partial charge in [0.1, 0.15) is 0 Å². The largest absolute Gasteiger partial charge is 0.300 e. The summed E-state index contributed by atoms with van der Waals surface area (Å²) in [5.41, 5.74) is 0.648. The molecule has 21 heavy (non-hydrogen) atoms. The van der Waals surface area contributed by atoms with Crippen molar-refractivity contribution in [2.45, 2.75) is 6.92 Å². The molecule has 0 radical (unpaired) electrons. The molecular formula is C15H11ClN2OS2. The molecule has 1 aromatic carbocycles. The van der Waals surface area contributed by atoms with Crippen LogP contribution in [0.5, 0.6) is 0 Å². The molecule has 1 aromatic heterocycles. The lowest BCUT2D eigenvalue weighted by Gasteiger charge is -1.98. The van der Waals surface area contributed by atoms with Crippen LogP contribution in [-0.4, -0.2) is 11.1 Å². The number of carbonyl (C=O) groups excluding carboxylic acids is 1. The third-order valence-corrected chi connectivity index (χ3v) is 4.94. The number of halogens is 1. The van der Waals surface area contributed by atoms with Gasteiger partial charge >= 0.3 is 0 Å². The lowest BCUT2D eigenvalue weighted by molar-refractivity contribution is -0.115. The number of nitrogens with one attached hydrogen (secondary N) is 1. The van der Waals surface area contributed by atoms with Gasteiger partial charge in [0.05, 0.1) is 15.6 Å². The van der Waals surface area contributed by atoms with Gasteiger partial charge in [0, 0.05) is 9.75 Å². The van der Waals surface area contributed by atoms with Gasteiger partial charge in [-0.1, -0.05) is 23.7 Å². The quantitative estimate of drug-likeness (QED) is 0.815. The molecule has 0 unspecified atom stereocenters. The van der Waals surface area contributed by atoms with Gasteiger partial charge in [0.25, 0.3) is 5.91 Å². The highest BCUT2D eigenvalue weighted by molar-refractivity contribution is 8.18. The molecule has 1 saturated heterocycles. The summed E-state index contributed by atoms with van der Waals surface area (Å²) in [6, 6.07) is 11.3. The maximum absolute atomic E-state index is 12.0. The van der Waals surface area contributed by atoms with Crippen LogP contribution in [0, 0.1) is 6.92 Å². The highest BCUT2D eigenvalue weighted by atomic mass is 35.5. The van der Waals surface area contributed by atoms with E-state index < -0.39 is 0 Å². The van der Waals surface area contributed by atoms with Crippen LogP contribution >= 0.6 is 34.7 Å². The third kappa shape index (κ3) is 3.37. The Kier molecular flexibility index (Phi) is 4.14. The van der Waals surface area contributed by atoms with E-state index in [1.54, 1.807) is 17.4 Å². The lowest BCUT2D eigenvalue weighted by atomic mass is 10.3. The van der Waals surface area contributed by atoms with Gasteiger partial charge in [0.2, 0.25) is 0 Å². The fourth-order valence-corrected chi connectivity index (χ4v) is 3.69. The number of aryl methyl sites for hydroxylation is 1. The fraction of sp³-hybridized carbons (Fsp3) is 0.0667. The minimum atomic E-state index is -0.128. The van der Waals surface area contributed by atoms with Gasteiger partial charge in [-0.15, -0.1) is 11.3 Å². The summed E-state index contributed by atoms with van der Waals surface area (Å²) in [7, 11) is 0. The summed E-state index contributed by atoms with van der Waals surface area (Å²) in [5.74, 6) is -0.128. The van der Waals surface area contributed by atoms with E-state index >= 15 is 0 Å². The normalized spacial score (nSPS) is 18.5. The number of hydrogen-bond donors (Lipinski definition) is 1. The van der Waals surface area contributed by atoms with Crippen LogP contribution in [0.15, 0.2) is 46.3 Å². The average Bonchev–Trinajstić information content (AvgIpc) is 3.00. The van der Waals surface area contributed by atoms with Gasteiger partial charge < -0.3 is 5.32 Å². The SMILES string of the molecule is Cc1ccc(/C=C2\SC(=Nc3ccccc3Cl)NC2=O)s1. The summed E-state index contributed by atoms with van der Waals surface area (Å²) in [6.45, 7) is 2.04. The number of aliphatic imine (C=N–C) groups is 1. The standard InChI is InChI=1S/C15H11ClN2OS2/c1-9-6-7-10(20-9)8-13-14(19)18-15(21-13)17-12-5-3-2-4-11(12)16/h2-8H,1H3,(H,17,18,19)/b13-8-. The first-order chi connectivity index (χ1) is 10.1. The number of para-hydroxylation sites is 1. The predicted octanol–water partition coefficient (Wildman–Crippen LogP) is 4.60. The highest BCUT2D eigenvalue weighted by Gasteiger charge is 2.24. The Morgan fingerprint density at radius 3 is 2.76 bits per heavy atom. The van der Waals surface area contributed by atoms with Crippen molar-refractivity contribution in [2.24, 2.45) is 4.99 Å². The number of thiophene rings is 1. The maximum atomic E-state index is 12.0. The minimum Gasteiger partial charge on any atom is -0.300 e. The second kappa shape index (κ2) is 6.05. The zero-order valence-corrected chi connectivity index (χ0v) is 13.5. The molecular weight excluding hydrogens is 324 g/mol. The summed E-state index contributed by atoms with van der Waals surface area (Å²) < 4.78 is 0. The van der Waals surface area contributed by atoms with E-state index in [2.05, 4.69) is 10.3 Å². The van der Waals surface area contributed by atoms with Crippen molar-refractivity contribution in [1.29, 1.82) is 0 Å². The number of amidine groups is 1. The number of thioether (sulfide) groups is 1. The Labute approximate surface area is 135 Å². The first kappa shape index (κ1) is 14.4. The third-order valence-electron chi connectivity index (χ3n) is 2.76. The van der Waals surface area contributed by atoms with Crippen molar-refractivity contribution in [3.8, 4) is 0 Å². The lowest BCUT2D eigenvalue weighted by Crippen LogP contribution is -2.19. The number of benzene rings is 1. The maximum Gasteiger partial charge on any atom is 0.264 e. The molecule has 1 amide bonds. The van der Waals surface area contributed by atoms with E-state index in [0.29, 0.717) is 20.8 Å². The van der Waals surface area contributed by atoms with Crippen molar-refractivity contribution in [1.82, 2.24) is 5.32 Å². The fourth-order valence-electron chi connectivity index (χ4n) is 1.79. The predicted molar refractivity (Wildman–Crippen MR) is 91.3 cm³/mol. The van der Waals surface area contributed by atoms with Crippen LogP contribution in [0.25, 0.3) is 6.08 Å². The summed E-state index contributed by atoms with van der Waals surface area (Å²) in [5, 5.41) is 3.87. The summed E-state index contributed by atoms with van der Waals surface area (Å²) in [4.78, 5) is 19.3. The van der Waals surface area contributed by atoms with Crippen LogP contribution < -0.4 is 5.32 Å². The Bertz CT molecular complexity index is 765. The minimum absolute atomic E-state index is 0.128. The second-order valence-corrected chi connectivity index (χ2v) is 7.14. The molecule has 0 saturated carbocycles. The van der Waals surface area contributed by atoms with Gasteiger partial charge in [-0.25, -0.2) is 4.99 Å². The van der Waals surface area contributed by atoms with E-state index in [1.165, 1.54) is 16.6 Å². The van der Waals surface area contributed by atoms with E-state index in [4.69, 9.17) is 11.6 Å². The molecule has 3 nitrogen and oxygen atoms in total. The molecule has 2 aromatic rings. The molecule has 0 bridgehead atoms. The molecule has 2 heterocycles. The van der Waals surface area contributed by atoms with Crippen molar-refractivity contribution in [3.05, 3.63) is 56.1 Å². The van der Waals surface area contributed by atoms with Crippen LogP contribution in [0.4, 0.5) is 5.69 Å². The topological polar surface area (TPSA) is 41.5 Å². The second-order valence-electron chi connectivity index (χ2n) is 4.38. The van der Waals surface area contributed by atoms with Gasteiger partial charge in [-0.2, -0.15) is 0 Å². The Morgan fingerprint density at radius 1 is 1.24 bits per heavy atom. The van der Waals surface area contributed by atoms with Crippen LogP contribution in [0.3, 0.4) is 0 Å². The molecule has 0 atom stereocenters. The average molecular weight is 335 g/mol. The first-order valence-corrected chi connectivity index (χ1v) is 8.23. The smallest absolute Gasteiger partial charge is 0.264 e. The van der Waals surface area contributed by atoms with E-state index in [-0.39, 0.29) is 5.91 Å². The zero-order valence-electron chi connectivity index (χ0n) is 11.1. The van der Waals surface area contributed by atoms with Crippen molar-refractivity contribution in [3.63, 3.8) is 0 Å². The molecule has 1 aliphatic heterocycles. The molecule has 6 heteroatoms. The van der Waals surface area contributed by atoms with Gasteiger partial charge in [-0.3, -0.25) is 4.79 Å². The monoisotopic (exact) mass is 334 g/mol. The molecule has 0 spiro atoms. The first-order valence-electron chi connectivity index (χ1n) is 6.22. The number of nitrogens with zero attached hydrogens (tertiary/aromatic N) is 1. The highest BCUT2D eigenvalue weighted by Crippen LogP contribution is 2.31. The molecule has 1 N–H and O–H groups in total. The Hall–Kier alpha value is -1.56. The zero-order chi connectivity index (χ0) is 14.8. The van der Waals surface area contributed by atoms with Crippen molar-refractivity contribution >= 4 is 57.5 Å². The molecule has 106 valence electrons. The van der Waals surface area contributed by atoms with Crippen molar-refractivity contribution < 1.29 is 4.79 Å². The Morgan fingerprint density at radius 2 is 2.05 bits per heavy atom. The molecule has 3 rings (SSSR count). The van der Waals surface area contributed by atoms with E-state index in [9.17, 15) is 4.79 Å². The van der Waals surface area contributed by atoms with E-state index in [0.717, 1.165) is 4.88 Å². The van der Waals surface area contributed by atoms with Gasteiger partial charge in [-0.05, 0) is 49.0 Å². The molecule has 0 aliphatic carbocycles. The number of carbonyl (C=O) groups is 1. The summed E-state index contributed by atoms with van der Waals surface area (Å²) >= 11 is 9.04. The van der Waals surface area contributed by atoms with Crippen LogP contribution in [0.2, 0.25) is 5.02 Å². The van der Waals surface area contributed by atoms with Crippen LogP contribution in [0.1, 0.15) is 9.75 Å². The molecule has 1 aliphatic rings. The van der Waals surface area contributed by atoms with E-state index in [1.807, 2.05) is 43.3 Å². The van der Waals surface area contributed by atoms with Gasteiger partial charge in [0.15, 0.2) is 5.17 Å². The number of rotatable bonds is 2. The number of hydrogen-bond acceptors (Lipinski definition) is 4. The number of amides is 1. The van der Waals surface area contributed by atoms with Crippen molar-refractivity contribution in [2.75, 3.05) is 0 Å². The van der Waals surface area contributed by atoms with Crippen LogP contribution in [-0.2, 0) is 4.79 Å². The molecule has 1 fully saturated rings.